The predicted octanol–water partition coefficient (Wildman–Crippen LogP) is 5.15. The number of benzene rings is 1. The van der Waals surface area contributed by atoms with Crippen LogP contribution in [0.25, 0.3) is 0 Å². The minimum Gasteiger partial charge on any atom is -0.0585 e. The van der Waals surface area contributed by atoms with E-state index >= 15 is 0 Å². The van der Waals surface area contributed by atoms with Crippen molar-refractivity contribution in [1.29, 1.82) is 0 Å². The fraction of sp³-hybridized carbons (Fsp3) is 0.625. The van der Waals surface area contributed by atoms with Gasteiger partial charge in [-0.2, -0.15) is 0 Å². The van der Waals surface area contributed by atoms with Crippen LogP contribution in [-0.2, 0) is 11.8 Å². The first-order chi connectivity index (χ1) is 7.96. The Hall–Kier alpha value is -0.300. The Kier molecular flexibility index (Phi) is 2.49. The maximum atomic E-state index is 3.71. The van der Waals surface area contributed by atoms with Gasteiger partial charge < -0.3 is 0 Å². The number of rotatable bonds is 0. The molecule has 0 amide bonds. The van der Waals surface area contributed by atoms with E-state index in [0.717, 1.165) is 0 Å². The van der Waals surface area contributed by atoms with E-state index in [2.05, 4.69) is 48.8 Å². The molecule has 1 aromatic rings. The summed E-state index contributed by atoms with van der Waals surface area (Å²) in [6.45, 7) is 7.21. The Morgan fingerprint density at radius 2 is 1.82 bits per heavy atom. The van der Waals surface area contributed by atoms with E-state index in [9.17, 15) is 0 Å². The van der Waals surface area contributed by atoms with E-state index in [1.54, 1.807) is 11.1 Å². The van der Waals surface area contributed by atoms with Crippen molar-refractivity contribution in [2.75, 3.05) is 0 Å². The molecule has 0 radical (unpaired) electrons. The number of halogens is 1. The fourth-order valence-corrected chi connectivity index (χ4v) is 4.48. The largest absolute Gasteiger partial charge is 0.0585 e. The summed E-state index contributed by atoms with van der Waals surface area (Å²) in [4.78, 5) is 0. The van der Waals surface area contributed by atoms with Gasteiger partial charge in [-0.25, -0.2) is 0 Å². The second kappa shape index (κ2) is 3.60. The van der Waals surface area contributed by atoms with Crippen molar-refractivity contribution >= 4 is 15.9 Å². The number of hydrogen-bond donors (Lipinski definition) is 0. The summed E-state index contributed by atoms with van der Waals surface area (Å²) in [6.07, 6.45) is 6.87. The standard InChI is InChI=1S/C16H21Br/c1-11-8-12-10-15(2)6-4-5-7-16(15,3)13(12)9-14(11)17/h8-9H,4-7,10H2,1-3H3. The molecule has 0 N–H and O–H groups in total. The second-order valence-corrected chi connectivity index (χ2v) is 7.39. The Labute approximate surface area is 113 Å². The minimum atomic E-state index is 0.413. The summed E-state index contributed by atoms with van der Waals surface area (Å²) in [6, 6.07) is 4.81. The first-order valence-electron chi connectivity index (χ1n) is 6.76. The molecule has 0 nitrogen and oxygen atoms in total. The van der Waals surface area contributed by atoms with Gasteiger partial charge in [-0.1, -0.05) is 48.7 Å². The van der Waals surface area contributed by atoms with E-state index in [-0.39, 0.29) is 0 Å². The molecule has 0 aliphatic heterocycles. The van der Waals surface area contributed by atoms with Crippen LogP contribution in [0.4, 0.5) is 0 Å². The fourth-order valence-electron chi connectivity index (χ4n) is 4.14. The summed E-state index contributed by atoms with van der Waals surface area (Å²) in [5.74, 6) is 0. The quantitative estimate of drug-likeness (QED) is 0.620. The van der Waals surface area contributed by atoms with Gasteiger partial charge in [-0.15, -0.1) is 0 Å². The van der Waals surface area contributed by atoms with Crippen LogP contribution in [0.1, 0.15) is 56.2 Å². The summed E-state index contributed by atoms with van der Waals surface area (Å²) in [5, 5.41) is 0. The molecule has 0 saturated heterocycles. The monoisotopic (exact) mass is 292 g/mol. The summed E-state index contributed by atoms with van der Waals surface area (Å²) >= 11 is 3.71. The molecule has 0 spiro atoms. The molecule has 1 heteroatoms. The molecule has 0 bridgehead atoms. The minimum absolute atomic E-state index is 0.413. The maximum absolute atomic E-state index is 3.71. The average molecular weight is 293 g/mol. The lowest BCUT2D eigenvalue weighted by molar-refractivity contribution is 0.109. The number of hydrogen-bond acceptors (Lipinski definition) is 0. The van der Waals surface area contributed by atoms with Crippen LogP contribution in [0.5, 0.6) is 0 Å². The Morgan fingerprint density at radius 3 is 2.59 bits per heavy atom. The lowest BCUT2D eigenvalue weighted by atomic mass is 9.58. The van der Waals surface area contributed by atoms with Crippen LogP contribution in [0, 0.1) is 12.3 Å². The highest BCUT2D eigenvalue weighted by Crippen LogP contribution is 2.59. The predicted molar refractivity (Wildman–Crippen MR) is 76.5 cm³/mol. The van der Waals surface area contributed by atoms with Gasteiger partial charge in [0.15, 0.2) is 0 Å². The second-order valence-electron chi connectivity index (χ2n) is 6.54. The van der Waals surface area contributed by atoms with Gasteiger partial charge in [0.1, 0.15) is 0 Å². The first-order valence-corrected chi connectivity index (χ1v) is 7.55. The van der Waals surface area contributed by atoms with Crippen molar-refractivity contribution in [1.82, 2.24) is 0 Å². The lowest BCUT2D eigenvalue weighted by Gasteiger charge is -2.46. The zero-order chi connectivity index (χ0) is 12.3. The van der Waals surface area contributed by atoms with Crippen molar-refractivity contribution in [2.24, 2.45) is 5.41 Å². The molecule has 3 rings (SSSR count). The van der Waals surface area contributed by atoms with E-state index < -0.39 is 0 Å². The maximum Gasteiger partial charge on any atom is 0.0207 e. The molecule has 0 aromatic heterocycles. The average Bonchev–Trinajstić information content (AvgIpc) is 2.48. The van der Waals surface area contributed by atoms with Gasteiger partial charge in [0.25, 0.3) is 0 Å². The molecular formula is C16H21Br. The molecule has 0 heterocycles. The molecule has 2 atom stereocenters. The van der Waals surface area contributed by atoms with Gasteiger partial charge in [-0.05, 0) is 59.8 Å². The Bertz CT molecular complexity index is 477. The van der Waals surface area contributed by atoms with Gasteiger partial charge in [0, 0.05) is 4.47 Å². The normalized spacial score (nSPS) is 35.5. The highest BCUT2D eigenvalue weighted by molar-refractivity contribution is 9.10. The van der Waals surface area contributed by atoms with E-state index in [4.69, 9.17) is 0 Å². The molecule has 2 unspecified atom stereocenters. The molecule has 1 aromatic carbocycles. The van der Waals surface area contributed by atoms with E-state index in [1.165, 1.54) is 42.1 Å². The van der Waals surface area contributed by atoms with Gasteiger partial charge in [-0.3, -0.25) is 0 Å². The zero-order valence-corrected chi connectivity index (χ0v) is 12.7. The molecule has 17 heavy (non-hydrogen) atoms. The highest BCUT2D eigenvalue weighted by Gasteiger charge is 2.52. The van der Waals surface area contributed by atoms with Crippen molar-refractivity contribution < 1.29 is 0 Å². The summed E-state index contributed by atoms with van der Waals surface area (Å²) < 4.78 is 1.28. The van der Waals surface area contributed by atoms with Gasteiger partial charge in [0.05, 0.1) is 0 Å². The van der Waals surface area contributed by atoms with Crippen molar-refractivity contribution in [3.63, 3.8) is 0 Å². The molecular weight excluding hydrogens is 272 g/mol. The van der Waals surface area contributed by atoms with Crippen LogP contribution in [0.2, 0.25) is 0 Å². The highest BCUT2D eigenvalue weighted by atomic mass is 79.9. The van der Waals surface area contributed by atoms with Crippen LogP contribution in [-0.4, -0.2) is 0 Å². The van der Waals surface area contributed by atoms with Crippen LogP contribution >= 0.6 is 15.9 Å². The first kappa shape index (κ1) is 11.8. The number of aryl methyl sites for hydroxylation is 1. The van der Waals surface area contributed by atoms with Crippen LogP contribution in [0.15, 0.2) is 16.6 Å². The number of fused-ring (bicyclic) bond motifs is 3. The van der Waals surface area contributed by atoms with Crippen LogP contribution < -0.4 is 0 Å². The van der Waals surface area contributed by atoms with Gasteiger partial charge in [0.2, 0.25) is 0 Å². The van der Waals surface area contributed by atoms with Crippen molar-refractivity contribution in [3.8, 4) is 0 Å². The Morgan fingerprint density at radius 1 is 1.12 bits per heavy atom. The lowest BCUT2D eigenvalue weighted by Crippen LogP contribution is -2.40. The third-order valence-corrected chi connectivity index (χ3v) is 6.40. The van der Waals surface area contributed by atoms with Crippen molar-refractivity contribution in [3.05, 3.63) is 33.3 Å². The Balaban J connectivity index is 2.19. The molecule has 1 fully saturated rings. The SMILES string of the molecule is Cc1cc2c(cc1Br)C1(C)CCCCC1(C)C2. The van der Waals surface area contributed by atoms with E-state index in [0.29, 0.717) is 10.8 Å². The van der Waals surface area contributed by atoms with E-state index in [1.807, 2.05) is 0 Å². The molecule has 2 aliphatic carbocycles. The third kappa shape index (κ3) is 1.47. The summed E-state index contributed by atoms with van der Waals surface area (Å²) in [5.41, 5.74) is 5.53. The summed E-state index contributed by atoms with van der Waals surface area (Å²) in [7, 11) is 0. The van der Waals surface area contributed by atoms with Crippen molar-refractivity contribution in [2.45, 2.75) is 58.3 Å². The smallest absolute Gasteiger partial charge is 0.0207 e. The molecule has 2 aliphatic rings. The molecule has 1 saturated carbocycles. The molecule has 92 valence electrons. The van der Waals surface area contributed by atoms with Gasteiger partial charge >= 0.3 is 0 Å². The third-order valence-electron chi connectivity index (χ3n) is 5.55. The zero-order valence-electron chi connectivity index (χ0n) is 11.1. The topological polar surface area (TPSA) is 0 Å². The van der Waals surface area contributed by atoms with Crippen LogP contribution in [0.3, 0.4) is 0 Å².